The van der Waals surface area contributed by atoms with Crippen LogP contribution in [0.15, 0.2) is 70.7 Å². The Morgan fingerprint density at radius 1 is 1.10 bits per heavy atom. The molecule has 0 spiro atoms. The molecule has 3 aromatic rings. The first-order chi connectivity index (χ1) is 14.9. The molecule has 0 fully saturated rings. The highest BCUT2D eigenvalue weighted by Crippen LogP contribution is 2.30. The summed E-state index contributed by atoms with van der Waals surface area (Å²) >= 11 is 21.4. The number of rotatable bonds is 6. The third-order valence-corrected chi connectivity index (χ3v) is 5.71. The average Bonchev–Trinajstić information content (AvgIpc) is 2.75. The quantitative estimate of drug-likeness (QED) is 0.262. The largest absolute Gasteiger partial charge is 0.488 e. The Morgan fingerprint density at radius 3 is 2.55 bits per heavy atom. The van der Waals surface area contributed by atoms with E-state index in [1.807, 2.05) is 24.3 Å². The van der Waals surface area contributed by atoms with Crippen LogP contribution in [0.25, 0.3) is 6.08 Å². The van der Waals surface area contributed by atoms with Crippen LogP contribution in [-0.4, -0.2) is 5.91 Å². The highest BCUT2D eigenvalue weighted by atomic mass is 79.9. The molecular formula is C23H14BrCl3N2O2. The topological polar surface area (TPSA) is 62.1 Å². The van der Waals surface area contributed by atoms with Crippen LogP contribution in [0.3, 0.4) is 0 Å². The number of hydrogen-bond acceptors (Lipinski definition) is 3. The molecule has 0 aliphatic rings. The maximum Gasteiger partial charge on any atom is 0.266 e. The van der Waals surface area contributed by atoms with Crippen LogP contribution < -0.4 is 10.1 Å². The lowest BCUT2D eigenvalue weighted by molar-refractivity contribution is -0.112. The minimum Gasteiger partial charge on any atom is -0.488 e. The van der Waals surface area contributed by atoms with Crippen LogP contribution in [-0.2, 0) is 11.4 Å². The van der Waals surface area contributed by atoms with Gasteiger partial charge in [0.1, 0.15) is 24.0 Å². The smallest absolute Gasteiger partial charge is 0.266 e. The van der Waals surface area contributed by atoms with Gasteiger partial charge in [0.25, 0.3) is 5.91 Å². The van der Waals surface area contributed by atoms with Crippen molar-refractivity contribution in [3.05, 3.63) is 96.9 Å². The van der Waals surface area contributed by atoms with Gasteiger partial charge < -0.3 is 10.1 Å². The number of nitriles is 1. The maximum absolute atomic E-state index is 12.7. The summed E-state index contributed by atoms with van der Waals surface area (Å²) in [5, 5.41) is 13.3. The maximum atomic E-state index is 12.7. The molecule has 0 unspecified atom stereocenters. The van der Waals surface area contributed by atoms with Crippen molar-refractivity contribution in [2.24, 2.45) is 0 Å². The standard InChI is InChI=1S/C23H14BrCl3N2O2/c24-17-6-9-21(31-13-14-4-7-18(25)8-5-14)15(11-17)10-16(12-28)23(30)29-20-3-1-2-19(26)22(20)27/h1-11H,13H2,(H,29,30)/b16-10-. The molecule has 0 radical (unpaired) electrons. The van der Waals surface area contributed by atoms with Gasteiger partial charge in [-0.05, 0) is 54.1 Å². The molecular weight excluding hydrogens is 523 g/mol. The van der Waals surface area contributed by atoms with Crippen molar-refractivity contribution in [2.75, 3.05) is 5.32 Å². The van der Waals surface area contributed by atoms with Gasteiger partial charge in [-0.25, -0.2) is 0 Å². The van der Waals surface area contributed by atoms with Crippen LogP contribution in [0.4, 0.5) is 5.69 Å². The number of nitrogens with zero attached hydrogens (tertiary/aromatic N) is 1. The van der Waals surface area contributed by atoms with Gasteiger partial charge in [-0.3, -0.25) is 4.79 Å². The molecule has 0 saturated carbocycles. The second-order valence-electron chi connectivity index (χ2n) is 6.32. The van der Waals surface area contributed by atoms with Gasteiger partial charge in [0.2, 0.25) is 0 Å². The zero-order valence-electron chi connectivity index (χ0n) is 15.8. The van der Waals surface area contributed by atoms with Gasteiger partial charge in [0.15, 0.2) is 0 Å². The number of benzene rings is 3. The number of ether oxygens (including phenoxy) is 1. The molecule has 0 aromatic heterocycles. The van der Waals surface area contributed by atoms with E-state index in [4.69, 9.17) is 39.5 Å². The number of carbonyl (C=O) groups is 1. The molecule has 8 heteroatoms. The van der Waals surface area contributed by atoms with Crippen molar-refractivity contribution >= 4 is 68.4 Å². The van der Waals surface area contributed by atoms with Crippen LogP contribution in [0.5, 0.6) is 5.75 Å². The van der Waals surface area contributed by atoms with Crippen molar-refractivity contribution in [1.29, 1.82) is 5.26 Å². The number of halogens is 4. The second kappa shape index (κ2) is 10.7. The van der Waals surface area contributed by atoms with Gasteiger partial charge in [-0.15, -0.1) is 0 Å². The Kier molecular flexibility index (Phi) is 8.00. The predicted octanol–water partition coefficient (Wildman–Crippen LogP) is 7.53. The predicted molar refractivity (Wildman–Crippen MR) is 129 cm³/mol. The van der Waals surface area contributed by atoms with Gasteiger partial charge in [0.05, 0.1) is 15.7 Å². The molecule has 156 valence electrons. The number of anilines is 1. The summed E-state index contributed by atoms with van der Waals surface area (Å²) in [5.41, 5.74) is 1.68. The van der Waals surface area contributed by atoms with E-state index < -0.39 is 5.91 Å². The third kappa shape index (κ3) is 6.25. The summed E-state index contributed by atoms with van der Waals surface area (Å²) in [4.78, 5) is 12.7. The Balaban J connectivity index is 1.84. The average molecular weight is 537 g/mol. The van der Waals surface area contributed by atoms with Crippen LogP contribution >= 0.6 is 50.7 Å². The lowest BCUT2D eigenvalue weighted by Gasteiger charge is -2.11. The van der Waals surface area contributed by atoms with Crippen molar-refractivity contribution in [2.45, 2.75) is 6.61 Å². The summed E-state index contributed by atoms with van der Waals surface area (Å²) in [5.74, 6) is -0.102. The molecule has 31 heavy (non-hydrogen) atoms. The van der Waals surface area contributed by atoms with E-state index in [1.165, 1.54) is 6.08 Å². The lowest BCUT2D eigenvalue weighted by Crippen LogP contribution is -2.14. The van der Waals surface area contributed by atoms with Crippen molar-refractivity contribution in [3.63, 3.8) is 0 Å². The van der Waals surface area contributed by atoms with E-state index >= 15 is 0 Å². The number of carbonyl (C=O) groups excluding carboxylic acids is 1. The van der Waals surface area contributed by atoms with Crippen molar-refractivity contribution in [3.8, 4) is 11.8 Å². The Bertz CT molecular complexity index is 1190. The molecule has 0 bridgehead atoms. The molecule has 1 N–H and O–H groups in total. The third-order valence-electron chi connectivity index (χ3n) is 4.14. The lowest BCUT2D eigenvalue weighted by atomic mass is 10.1. The molecule has 0 aliphatic carbocycles. The Morgan fingerprint density at radius 2 is 1.84 bits per heavy atom. The first kappa shape index (κ1) is 23.2. The molecule has 3 rings (SSSR count). The number of nitrogens with one attached hydrogen (secondary N) is 1. The van der Waals surface area contributed by atoms with Gasteiger partial charge in [0, 0.05) is 15.1 Å². The fraction of sp³-hybridized carbons (Fsp3) is 0.0435. The van der Waals surface area contributed by atoms with E-state index in [9.17, 15) is 10.1 Å². The number of hydrogen-bond donors (Lipinski definition) is 1. The van der Waals surface area contributed by atoms with Crippen molar-refractivity contribution < 1.29 is 9.53 Å². The normalized spacial score (nSPS) is 11.0. The summed E-state index contributed by atoms with van der Waals surface area (Å²) in [6, 6.07) is 19.4. The number of amides is 1. The van der Waals surface area contributed by atoms with E-state index in [0.717, 1.165) is 10.0 Å². The Labute approximate surface area is 203 Å². The summed E-state index contributed by atoms with van der Waals surface area (Å²) in [7, 11) is 0. The van der Waals surface area contributed by atoms with Crippen molar-refractivity contribution in [1.82, 2.24) is 0 Å². The first-order valence-electron chi connectivity index (χ1n) is 8.91. The molecule has 0 saturated heterocycles. The van der Waals surface area contributed by atoms with Crippen LogP contribution in [0.1, 0.15) is 11.1 Å². The fourth-order valence-electron chi connectivity index (χ4n) is 2.60. The molecule has 0 heterocycles. The van der Waals surface area contributed by atoms with Crippen LogP contribution in [0, 0.1) is 11.3 Å². The molecule has 1 amide bonds. The van der Waals surface area contributed by atoms with E-state index in [-0.39, 0.29) is 10.6 Å². The monoisotopic (exact) mass is 534 g/mol. The fourth-order valence-corrected chi connectivity index (χ4v) is 3.45. The Hall–Kier alpha value is -2.49. The summed E-state index contributed by atoms with van der Waals surface area (Å²) in [6.45, 7) is 0.297. The first-order valence-corrected chi connectivity index (χ1v) is 10.8. The summed E-state index contributed by atoms with van der Waals surface area (Å²) < 4.78 is 6.68. The van der Waals surface area contributed by atoms with Gasteiger partial charge in [-0.1, -0.05) is 68.9 Å². The molecule has 3 aromatic carbocycles. The highest BCUT2D eigenvalue weighted by molar-refractivity contribution is 9.10. The van der Waals surface area contributed by atoms with E-state index in [1.54, 1.807) is 42.5 Å². The van der Waals surface area contributed by atoms with E-state index in [2.05, 4.69) is 21.2 Å². The van der Waals surface area contributed by atoms with E-state index in [0.29, 0.717) is 33.7 Å². The zero-order valence-corrected chi connectivity index (χ0v) is 19.7. The van der Waals surface area contributed by atoms with Gasteiger partial charge >= 0.3 is 0 Å². The molecule has 0 atom stereocenters. The second-order valence-corrected chi connectivity index (χ2v) is 8.46. The molecule has 0 aliphatic heterocycles. The minimum atomic E-state index is -0.615. The minimum absolute atomic E-state index is 0.120. The SMILES string of the molecule is N#C/C(=C/c1cc(Br)ccc1OCc1ccc(Cl)cc1)C(=O)Nc1cccc(Cl)c1Cl. The van der Waals surface area contributed by atoms with Crippen LogP contribution in [0.2, 0.25) is 15.1 Å². The zero-order chi connectivity index (χ0) is 22.4. The highest BCUT2D eigenvalue weighted by Gasteiger charge is 2.14. The van der Waals surface area contributed by atoms with Gasteiger partial charge in [-0.2, -0.15) is 5.26 Å². The summed E-state index contributed by atoms with van der Waals surface area (Å²) in [6.07, 6.45) is 1.45. The molecule has 4 nitrogen and oxygen atoms in total.